The molecule has 1 saturated heterocycles. The summed E-state index contributed by atoms with van der Waals surface area (Å²) in [6.07, 6.45) is 0. The van der Waals surface area contributed by atoms with E-state index in [1.165, 1.54) is 21.2 Å². The van der Waals surface area contributed by atoms with E-state index in [1.54, 1.807) is 7.11 Å². The number of quaternary nitrogens is 1. The van der Waals surface area contributed by atoms with Crippen LogP contribution in [0.2, 0.25) is 0 Å². The molecule has 4 nitrogen and oxygen atoms in total. The third-order valence-corrected chi connectivity index (χ3v) is 5.36. The number of para-hydroxylation sites is 1. The average molecular weight is 361 g/mol. The topological polar surface area (TPSA) is 34.0 Å². The number of hydrogen-bond donors (Lipinski definition) is 1. The first-order chi connectivity index (χ1) is 13.2. The summed E-state index contributed by atoms with van der Waals surface area (Å²) in [5.74, 6) is 0.714. The first-order valence-corrected chi connectivity index (χ1v) is 9.48. The number of fused-ring (bicyclic) bond motifs is 1. The van der Waals surface area contributed by atoms with Gasteiger partial charge in [-0.3, -0.25) is 4.79 Å². The lowest BCUT2D eigenvalue weighted by Gasteiger charge is -2.32. The highest BCUT2D eigenvalue weighted by Gasteiger charge is 2.26. The highest BCUT2D eigenvalue weighted by molar-refractivity contribution is 5.97. The molecule has 4 rings (SSSR count). The normalized spacial score (nSPS) is 15.1. The Morgan fingerprint density at radius 1 is 0.963 bits per heavy atom. The van der Waals surface area contributed by atoms with Crippen LogP contribution in [-0.4, -0.2) is 44.1 Å². The zero-order valence-electron chi connectivity index (χ0n) is 15.7. The van der Waals surface area contributed by atoms with Crippen molar-refractivity contribution in [3.05, 3.63) is 77.9 Å². The number of amides is 1. The van der Waals surface area contributed by atoms with Crippen molar-refractivity contribution in [1.82, 2.24) is 4.90 Å². The number of methoxy groups -OCH3 is 1. The Kier molecular flexibility index (Phi) is 5.07. The van der Waals surface area contributed by atoms with Crippen molar-refractivity contribution in [2.45, 2.75) is 6.54 Å². The van der Waals surface area contributed by atoms with E-state index < -0.39 is 0 Å². The second kappa shape index (κ2) is 7.80. The number of piperazine rings is 1. The van der Waals surface area contributed by atoms with Gasteiger partial charge < -0.3 is 14.5 Å². The van der Waals surface area contributed by atoms with E-state index in [1.807, 2.05) is 29.2 Å². The highest BCUT2D eigenvalue weighted by Crippen LogP contribution is 2.19. The Balaban J connectivity index is 1.39. The third kappa shape index (κ3) is 3.81. The van der Waals surface area contributed by atoms with Crippen LogP contribution >= 0.6 is 0 Å². The number of benzene rings is 3. The van der Waals surface area contributed by atoms with Crippen LogP contribution in [0, 0.1) is 0 Å². The molecule has 0 saturated carbocycles. The number of hydrogen-bond acceptors (Lipinski definition) is 2. The molecule has 1 N–H and O–H groups in total. The van der Waals surface area contributed by atoms with Gasteiger partial charge in [-0.2, -0.15) is 0 Å². The van der Waals surface area contributed by atoms with Gasteiger partial charge in [0.15, 0.2) is 0 Å². The van der Waals surface area contributed by atoms with Crippen LogP contribution in [0.25, 0.3) is 10.8 Å². The van der Waals surface area contributed by atoms with E-state index in [9.17, 15) is 4.79 Å². The predicted molar refractivity (Wildman–Crippen MR) is 107 cm³/mol. The summed E-state index contributed by atoms with van der Waals surface area (Å²) in [5.41, 5.74) is 2.01. The highest BCUT2D eigenvalue weighted by atomic mass is 16.5. The minimum Gasteiger partial charge on any atom is -0.496 e. The molecular formula is C23H25N2O2+. The second-order valence-corrected chi connectivity index (χ2v) is 7.10. The number of nitrogens with zero attached hydrogens (tertiary/aromatic N) is 1. The molecule has 0 aliphatic carbocycles. The Hall–Kier alpha value is -2.85. The number of nitrogens with one attached hydrogen (secondary N) is 1. The molecule has 1 fully saturated rings. The molecule has 3 aromatic carbocycles. The van der Waals surface area contributed by atoms with Crippen molar-refractivity contribution in [3.8, 4) is 5.75 Å². The SMILES string of the molecule is COc1ccccc1C(=O)N1CC[NH+](Cc2ccc3ccccc3c2)CC1. The predicted octanol–water partition coefficient (Wildman–Crippen LogP) is 2.39. The summed E-state index contributed by atoms with van der Waals surface area (Å²) in [6.45, 7) is 4.49. The third-order valence-electron chi connectivity index (χ3n) is 5.36. The van der Waals surface area contributed by atoms with E-state index in [0.29, 0.717) is 11.3 Å². The van der Waals surface area contributed by atoms with Crippen LogP contribution in [0.1, 0.15) is 15.9 Å². The van der Waals surface area contributed by atoms with Gasteiger partial charge >= 0.3 is 0 Å². The van der Waals surface area contributed by atoms with Crippen molar-refractivity contribution in [3.63, 3.8) is 0 Å². The van der Waals surface area contributed by atoms with Crippen LogP contribution in [0.3, 0.4) is 0 Å². The van der Waals surface area contributed by atoms with Crippen molar-refractivity contribution in [2.75, 3.05) is 33.3 Å². The van der Waals surface area contributed by atoms with Gasteiger partial charge in [0, 0.05) is 5.56 Å². The van der Waals surface area contributed by atoms with Gasteiger partial charge in [-0.1, -0.05) is 48.5 Å². The summed E-state index contributed by atoms with van der Waals surface area (Å²) in [7, 11) is 1.61. The van der Waals surface area contributed by atoms with Crippen LogP contribution in [0.15, 0.2) is 66.7 Å². The van der Waals surface area contributed by atoms with Crippen LogP contribution in [0.4, 0.5) is 0 Å². The van der Waals surface area contributed by atoms with E-state index >= 15 is 0 Å². The van der Waals surface area contributed by atoms with E-state index in [0.717, 1.165) is 32.7 Å². The fourth-order valence-electron chi connectivity index (χ4n) is 3.83. The van der Waals surface area contributed by atoms with Gasteiger partial charge in [0.05, 0.1) is 38.9 Å². The molecule has 27 heavy (non-hydrogen) atoms. The van der Waals surface area contributed by atoms with Crippen molar-refractivity contribution in [2.24, 2.45) is 0 Å². The number of carbonyl (C=O) groups is 1. The van der Waals surface area contributed by atoms with Crippen LogP contribution in [0.5, 0.6) is 5.75 Å². The van der Waals surface area contributed by atoms with Gasteiger partial charge in [0.1, 0.15) is 12.3 Å². The molecular weight excluding hydrogens is 336 g/mol. The maximum Gasteiger partial charge on any atom is 0.258 e. The molecule has 1 amide bonds. The first-order valence-electron chi connectivity index (χ1n) is 9.48. The molecule has 4 heteroatoms. The van der Waals surface area contributed by atoms with Gasteiger partial charge in [0.25, 0.3) is 5.91 Å². The Labute approximate surface area is 160 Å². The summed E-state index contributed by atoms with van der Waals surface area (Å²) in [5, 5.41) is 2.57. The first kappa shape index (κ1) is 17.6. The van der Waals surface area contributed by atoms with Gasteiger partial charge in [-0.25, -0.2) is 0 Å². The van der Waals surface area contributed by atoms with Crippen LogP contribution < -0.4 is 9.64 Å². The van der Waals surface area contributed by atoms with E-state index in [-0.39, 0.29) is 5.91 Å². The summed E-state index contributed by atoms with van der Waals surface area (Å²) >= 11 is 0. The minimum atomic E-state index is 0.0669. The Morgan fingerprint density at radius 2 is 1.67 bits per heavy atom. The second-order valence-electron chi connectivity index (χ2n) is 7.10. The van der Waals surface area contributed by atoms with E-state index in [2.05, 4.69) is 42.5 Å². The van der Waals surface area contributed by atoms with Crippen LogP contribution in [-0.2, 0) is 6.54 Å². The lowest BCUT2D eigenvalue weighted by molar-refractivity contribution is -0.917. The molecule has 0 spiro atoms. The Morgan fingerprint density at radius 3 is 2.44 bits per heavy atom. The molecule has 138 valence electrons. The Bertz CT molecular complexity index is 946. The minimum absolute atomic E-state index is 0.0669. The molecule has 0 unspecified atom stereocenters. The van der Waals surface area contributed by atoms with Gasteiger partial charge in [-0.15, -0.1) is 0 Å². The maximum atomic E-state index is 12.8. The lowest BCUT2D eigenvalue weighted by Crippen LogP contribution is -3.13. The van der Waals surface area contributed by atoms with E-state index in [4.69, 9.17) is 4.74 Å². The molecule has 1 aliphatic heterocycles. The smallest absolute Gasteiger partial charge is 0.258 e. The summed E-state index contributed by atoms with van der Waals surface area (Å²) in [6, 6.07) is 22.6. The standard InChI is InChI=1S/C23H24N2O2/c1-27-22-9-5-4-8-21(22)23(26)25-14-12-24(13-15-25)17-18-10-11-19-6-2-3-7-20(19)16-18/h2-11,16H,12-15,17H2,1H3/p+1. The van der Waals surface area contributed by atoms with Gasteiger partial charge in [-0.05, 0) is 29.0 Å². The molecule has 0 aromatic heterocycles. The zero-order valence-corrected chi connectivity index (χ0v) is 15.7. The lowest BCUT2D eigenvalue weighted by atomic mass is 10.1. The van der Waals surface area contributed by atoms with Crippen molar-refractivity contribution >= 4 is 16.7 Å². The molecule has 1 heterocycles. The molecule has 1 aliphatic rings. The van der Waals surface area contributed by atoms with Crippen molar-refractivity contribution < 1.29 is 14.4 Å². The monoisotopic (exact) mass is 361 g/mol. The number of ether oxygens (including phenoxy) is 1. The summed E-state index contributed by atoms with van der Waals surface area (Å²) < 4.78 is 5.34. The largest absolute Gasteiger partial charge is 0.496 e. The molecule has 3 aromatic rings. The zero-order chi connectivity index (χ0) is 18.6. The quantitative estimate of drug-likeness (QED) is 0.774. The molecule has 0 atom stereocenters. The number of carbonyl (C=O) groups excluding carboxylic acids is 1. The molecule has 0 bridgehead atoms. The van der Waals surface area contributed by atoms with Gasteiger partial charge in [0.2, 0.25) is 0 Å². The fourth-order valence-corrected chi connectivity index (χ4v) is 3.83. The molecule has 0 radical (unpaired) electrons. The maximum absolute atomic E-state index is 12.8. The fraction of sp³-hybridized carbons (Fsp3) is 0.261. The summed E-state index contributed by atoms with van der Waals surface area (Å²) in [4.78, 5) is 16.3. The average Bonchev–Trinajstić information content (AvgIpc) is 2.73. The number of rotatable bonds is 4. The van der Waals surface area contributed by atoms with Crippen molar-refractivity contribution in [1.29, 1.82) is 0 Å².